The van der Waals surface area contributed by atoms with Gasteiger partial charge in [-0.25, -0.2) is 0 Å². The highest BCUT2D eigenvalue weighted by molar-refractivity contribution is 7.98. The van der Waals surface area contributed by atoms with Gasteiger partial charge in [0, 0.05) is 9.92 Å². The molecule has 0 bridgehead atoms. The van der Waals surface area contributed by atoms with Gasteiger partial charge in [-0.05, 0) is 36.6 Å². The van der Waals surface area contributed by atoms with Crippen LogP contribution in [0.4, 0.5) is 11.4 Å². The van der Waals surface area contributed by atoms with Crippen LogP contribution in [0.5, 0.6) is 5.75 Å². The quantitative estimate of drug-likeness (QED) is 0.651. The van der Waals surface area contributed by atoms with Gasteiger partial charge < -0.3 is 15.8 Å². The lowest BCUT2D eigenvalue weighted by Gasteiger charge is -2.11. The maximum absolute atomic E-state index is 11.9. The molecule has 4 nitrogen and oxygen atoms in total. The fraction of sp³-hybridized carbons (Fsp3) is 0.133. The summed E-state index contributed by atoms with van der Waals surface area (Å²) in [7, 11) is 0. The largest absolute Gasteiger partial charge is 0.483 e. The van der Waals surface area contributed by atoms with Crippen LogP contribution in [0, 0.1) is 0 Å². The molecule has 0 aliphatic rings. The molecule has 0 aromatic heterocycles. The molecule has 1 amide bonds. The molecule has 2 aromatic rings. The minimum absolute atomic E-state index is 0.0937. The lowest BCUT2D eigenvalue weighted by atomic mass is 10.2. The second kappa shape index (κ2) is 7.24. The maximum Gasteiger partial charge on any atom is 0.262 e. The van der Waals surface area contributed by atoms with E-state index >= 15 is 0 Å². The van der Waals surface area contributed by atoms with Crippen molar-refractivity contribution >= 4 is 40.6 Å². The van der Waals surface area contributed by atoms with Gasteiger partial charge in [-0.3, -0.25) is 4.79 Å². The summed E-state index contributed by atoms with van der Waals surface area (Å²) >= 11 is 7.43. The van der Waals surface area contributed by atoms with Crippen molar-refractivity contribution in [3.63, 3.8) is 0 Å². The van der Waals surface area contributed by atoms with E-state index in [0.29, 0.717) is 22.1 Å². The topological polar surface area (TPSA) is 64.3 Å². The first-order chi connectivity index (χ1) is 10.1. The number of carbonyl (C=O) groups excluding carboxylic acids is 1. The molecule has 0 saturated heterocycles. The fourth-order valence-electron chi connectivity index (χ4n) is 1.70. The third-order valence-corrected chi connectivity index (χ3v) is 3.73. The number of rotatable bonds is 5. The zero-order chi connectivity index (χ0) is 15.2. The Bertz CT molecular complexity index is 649. The first-order valence-corrected chi connectivity index (χ1v) is 7.81. The molecular formula is C15H15ClN2O2S. The number of carbonyl (C=O) groups is 1. The molecule has 0 aliphatic heterocycles. The monoisotopic (exact) mass is 322 g/mol. The van der Waals surface area contributed by atoms with E-state index in [0.717, 1.165) is 4.90 Å². The van der Waals surface area contributed by atoms with Crippen LogP contribution in [0.3, 0.4) is 0 Å². The molecule has 0 radical (unpaired) electrons. The van der Waals surface area contributed by atoms with Crippen molar-refractivity contribution in [2.75, 3.05) is 23.9 Å². The third kappa shape index (κ3) is 4.31. The van der Waals surface area contributed by atoms with Crippen LogP contribution in [-0.4, -0.2) is 18.8 Å². The Balaban J connectivity index is 1.97. The summed E-state index contributed by atoms with van der Waals surface area (Å²) in [5.41, 5.74) is 6.71. The molecule has 0 aliphatic carbocycles. The number of benzene rings is 2. The molecule has 0 saturated carbocycles. The number of nitrogens with one attached hydrogen (secondary N) is 1. The molecule has 2 rings (SSSR count). The maximum atomic E-state index is 11.9. The lowest BCUT2D eigenvalue weighted by Crippen LogP contribution is -2.21. The molecule has 2 aromatic carbocycles. The summed E-state index contributed by atoms with van der Waals surface area (Å²) in [6, 6.07) is 12.5. The number of hydrogen-bond donors (Lipinski definition) is 2. The molecule has 110 valence electrons. The van der Waals surface area contributed by atoms with Gasteiger partial charge in [0.15, 0.2) is 6.61 Å². The summed E-state index contributed by atoms with van der Waals surface area (Å²) < 4.78 is 5.53. The van der Waals surface area contributed by atoms with Crippen molar-refractivity contribution in [1.82, 2.24) is 0 Å². The van der Waals surface area contributed by atoms with Gasteiger partial charge in [-0.15, -0.1) is 11.8 Å². The van der Waals surface area contributed by atoms with Crippen molar-refractivity contribution in [1.29, 1.82) is 0 Å². The van der Waals surface area contributed by atoms with Gasteiger partial charge in [-0.1, -0.05) is 23.7 Å². The number of ether oxygens (including phenoxy) is 1. The molecular weight excluding hydrogens is 308 g/mol. The van der Waals surface area contributed by atoms with Crippen LogP contribution in [0.1, 0.15) is 0 Å². The van der Waals surface area contributed by atoms with Crippen molar-refractivity contribution in [3.05, 3.63) is 47.5 Å². The number of nitrogens with two attached hydrogens (primary N) is 1. The van der Waals surface area contributed by atoms with E-state index in [4.69, 9.17) is 22.1 Å². The summed E-state index contributed by atoms with van der Waals surface area (Å²) in [6.45, 7) is -0.0937. The average molecular weight is 323 g/mol. The second-order valence-electron chi connectivity index (χ2n) is 4.22. The van der Waals surface area contributed by atoms with E-state index in [9.17, 15) is 4.79 Å². The zero-order valence-corrected chi connectivity index (χ0v) is 13.0. The summed E-state index contributed by atoms with van der Waals surface area (Å²) in [5.74, 6) is 0.388. The number of halogens is 1. The summed E-state index contributed by atoms with van der Waals surface area (Å²) in [6.07, 6.45) is 1.95. The van der Waals surface area contributed by atoms with Gasteiger partial charge in [0.25, 0.3) is 5.91 Å². The SMILES string of the molecule is CSc1ccccc1OCC(=O)Nc1cc(Cl)ccc1N. The van der Waals surface area contributed by atoms with Gasteiger partial charge in [-0.2, -0.15) is 0 Å². The summed E-state index contributed by atoms with van der Waals surface area (Å²) in [5, 5.41) is 3.19. The highest BCUT2D eigenvalue weighted by Crippen LogP contribution is 2.27. The molecule has 0 heterocycles. The normalized spacial score (nSPS) is 10.2. The van der Waals surface area contributed by atoms with Gasteiger partial charge in [0.05, 0.1) is 11.4 Å². The molecule has 0 atom stereocenters. The fourth-order valence-corrected chi connectivity index (χ4v) is 2.42. The number of anilines is 2. The molecule has 0 fully saturated rings. The number of nitrogen functional groups attached to an aromatic ring is 1. The second-order valence-corrected chi connectivity index (χ2v) is 5.50. The predicted octanol–water partition coefficient (Wildman–Crippen LogP) is 3.66. The van der Waals surface area contributed by atoms with Crippen LogP contribution in [0.15, 0.2) is 47.4 Å². The minimum Gasteiger partial charge on any atom is -0.483 e. The van der Waals surface area contributed by atoms with E-state index in [1.807, 2.05) is 30.5 Å². The van der Waals surface area contributed by atoms with E-state index in [1.54, 1.807) is 30.0 Å². The average Bonchev–Trinajstić information content (AvgIpc) is 2.49. The smallest absolute Gasteiger partial charge is 0.262 e. The standard InChI is InChI=1S/C15H15ClN2O2S/c1-21-14-5-3-2-4-13(14)20-9-15(19)18-12-8-10(16)6-7-11(12)17/h2-8H,9,17H2,1H3,(H,18,19). The van der Waals surface area contributed by atoms with Crippen LogP contribution in [0.25, 0.3) is 0 Å². The van der Waals surface area contributed by atoms with Crippen molar-refractivity contribution in [2.45, 2.75) is 4.90 Å². The third-order valence-electron chi connectivity index (χ3n) is 2.72. The highest BCUT2D eigenvalue weighted by atomic mass is 35.5. The van der Waals surface area contributed by atoms with Crippen LogP contribution < -0.4 is 15.8 Å². The molecule has 21 heavy (non-hydrogen) atoms. The minimum atomic E-state index is -0.292. The first kappa shape index (κ1) is 15.5. The van der Waals surface area contributed by atoms with Gasteiger partial charge in [0.2, 0.25) is 0 Å². The number of amides is 1. The Morgan fingerprint density at radius 3 is 2.86 bits per heavy atom. The van der Waals surface area contributed by atoms with Crippen LogP contribution in [0.2, 0.25) is 5.02 Å². The molecule has 3 N–H and O–H groups in total. The Kier molecular flexibility index (Phi) is 5.36. The zero-order valence-electron chi connectivity index (χ0n) is 11.4. The Labute approximate surface area is 132 Å². The van der Waals surface area contributed by atoms with Crippen LogP contribution >= 0.6 is 23.4 Å². The predicted molar refractivity (Wildman–Crippen MR) is 88.2 cm³/mol. The molecule has 0 unspecified atom stereocenters. The highest BCUT2D eigenvalue weighted by Gasteiger charge is 2.08. The molecule has 0 spiro atoms. The summed E-state index contributed by atoms with van der Waals surface area (Å²) in [4.78, 5) is 12.9. The van der Waals surface area contributed by atoms with E-state index in [2.05, 4.69) is 5.32 Å². The van der Waals surface area contributed by atoms with Crippen molar-refractivity contribution in [2.24, 2.45) is 0 Å². The molecule has 6 heteroatoms. The van der Waals surface area contributed by atoms with Crippen molar-refractivity contribution in [3.8, 4) is 5.75 Å². The number of thioether (sulfide) groups is 1. The number of para-hydroxylation sites is 1. The van der Waals surface area contributed by atoms with Gasteiger partial charge in [0.1, 0.15) is 5.75 Å². The van der Waals surface area contributed by atoms with E-state index in [-0.39, 0.29) is 12.5 Å². The Morgan fingerprint density at radius 1 is 1.33 bits per heavy atom. The van der Waals surface area contributed by atoms with Gasteiger partial charge >= 0.3 is 0 Å². The number of hydrogen-bond acceptors (Lipinski definition) is 4. The lowest BCUT2D eigenvalue weighted by molar-refractivity contribution is -0.118. The first-order valence-electron chi connectivity index (χ1n) is 6.21. The van der Waals surface area contributed by atoms with Crippen LogP contribution in [-0.2, 0) is 4.79 Å². The van der Waals surface area contributed by atoms with E-state index in [1.165, 1.54) is 0 Å². The van der Waals surface area contributed by atoms with Crippen molar-refractivity contribution < 1.29 is 9.53 Å². The Hall–Kier alpha value is -1.85. The Morgan fingerprint density at radius 2 is 2.10 bits per heavy atom. The van der Waals surface area contributed by atoms with E-state index < -0.39 is 0 Å².